The normalized spacial score (nSPS) is 13.7. The van der Waals surface area contributed by atoms with Gasteiger partial charge in [-0.15, -0.1) is 0 Å². The lowest BCUT2D eigenvalue weighted by atomic mass is 10.1. The van der Waals surface area contributed by atoms with Crippen LogP contribution in [0.25, 0.3) is 11.2 Å². The van der Waals surface area contributed by atoms with E-state index in [0.29, 0.717) is 17.7 Å². The van der Waals surface area contributed by atoms with Crippen molar-refractivity contribution in [3.8, 4) is 0 Å². The molecule has 1 aromatic carbocycles. The first kappa shape index (κ1) is 13.8. The third-order valence-corrected chi connectivity index (χ3v) is 4.38. The molecule has 7 heteroatoms. The molecule has 3 heterocycles. The molecule has 0 bridgehead atoms. The third-order valence-electron chi connectivity index (χ3n) is 4.38. The van der Waals surface area contributed by atoms with Crippen molar-refractivity contribution in [3.63, 3.8) is 0 Å². The van der Waals surface area contributed by atoms with E-state index in [1.807, 2.05) is 22.8 Å². The van der Waals surface area contributed by atoms with Gasteiger partial charge in [-0.2, -0.15) is 4.98 Å². The fraction of sp³-hybridized carbons (Fsp3) is 0.312. The van der Waals surface area contributed by atoms with Gasteiger partial charge in [0.15, 0.2) is 11.2 Å². The maximum atomic E-state index is 12.1. The Balaban J connectivity index is 1.70. The molecule has 1 N–H and O–H groups in total. The fourth-order valence-corrected chi connectivity index (χ4v) is 3.12. The molecule has 4 rings (SSSR count). The van der Waals surface area contributed by atoms with Crippen LogP contribution >= 0.6 is 0 Å². The topological polar surface area (TPSA) is 75.9 Å². The van der Waals surface area contributed by atoms with Crippen LogP contribution in [-0.4, -0.2) is 32.2 Å². The molecule has 0 fully saturated rings. The smallest absolute Gasteiger partial charge is 0.329 e. The van der Waals surface area contributed by atoms with Crippen molar-refractivity contribution < 1.29 is 0 Å². The number of nitrogens with zero attached hydrogens (tertiary/aromatic N) is 4. The number of aryl methyl sites for hydroxylation is 1. The molecule has 118 valence electrons. The molecule has 0 saturated carbocycles. The monoisotopic (exact) mass is 311 g/mol. The van der Waals surface area contributed by atoms with Gasteiger partial charge in [0.05, 0.1) is 0 Å². The van der Waals surface area contributed by atoms with E-state index < -0.39 is 5.69 Å². The van der Waals surface area contributed by atoms with Crippen LogP contribution < -0.4 is 16.1 Å². The number of aromatic nitrogens is 4. The van der Waals surface area contributed by atoms with Crippen molar-refractivity contribution in [3.05, 3.63) is 56.7 Å². The van der Waals surface area contributed by atoms with Gasteiger partial charge < -0.3 is 9.47 Å². The molecular formula is C16H17N5O2. The van der Waals surface area contributed by atoms with Crippen molar-refractivity contribution in [2.45, 2.75) is 13.0 Å². The summed E-state index contributed by atoms with van der Waals surface area (Å²) >= 11 is 0. The van der Waals surface area contributed by atoms with Crippen molar-refractivity contribution >= 4 is 17.1 Å². The van der Waals surface area contributed by atoms with E-state index in [4.69, 9.17) is 0 Å². The maximum Gasteiger partial charge on any atom is 0.329 e. The minimum atomic E-state index is -0.435. The maximum absolute atomic E-state index is 12.1. The average molecular weight is 311 g/mol. The van der Waals surface area contributed by atoms with E-state index >= 15 is 0 Å². The Morgan fingerprint density at radius 2 is 1.96 bits per heavy atom. The number of hydrogen-bond acceptors (Lipinski definition) is 4. The number of anilines is 1. The number of hydrogen-bond donors (Lipinski definition) is 1. The molecule has 0 aliphatic carbocycles. The Morgan fingerprint density at radius 1 is 1.17 bits per heavy atom. The summed E-state index contributed by atoms with van der Waals surface area (Å²) in [6, 6.07) is 10.3. The predicted molar refractivity (Wildman–Crippen MR) is 88.0 cm³/mol. The Hall–Kier alpha value is -2.83. The Labute approximate surface area is 131 Å². The number of imidazole rings is 1. The summed E-state index contributed by atoms with van der Waals surface area (Å²) in [7, 11) is 1.62. The molecular weight excluding hydrogens is 294 g/mol. The van der Waals surface area contributed by atoms with Crippen molar-refractivity contribution in [2.75, 3.05) is 18.0 Å². The van der Waals surface area contributed by atoms with Crippen LogP contribution in [-0.2, 0) is 20.0 Å². The predicted octanol–water partition coefficient (Wildman–Crippen LogP) is 0.486. The van der Waals surface area contributed by atoms with E-state index in [1.165, 1.54) is 10.1 Å². The van der Waals surface area contributed by atoms with Crippen LogP contribution in [0.4, 0.5) is 5.95 Å². The van der Waals surface area contributed by atoms with Gasteiger partial charge in [-0.3, -0.25) is 14.3 Å². The minimum Gasteiger partial charge on any atom is -0.340 e. The first-order valence-electron chi connectivity index (χ1n) is 7.63. The number of nitrogens with one attached hydrogen (secondary N) is 1. The molecule has 0 atom stereocenters. The first-order valence-corrected chi connectivity index (χ1v) is 7.63. The third kappa shape index (κ3) is 2.16. The molecule has 23 heavy (non-hydrogen) atoms. The van der Waals surface area contributed by atoms with Gasteiger partial charge in [0, 0.05) is 26.7 Å². The summed E-state index contributed by atoms with van der Waals surface area (Å²) in [4.78, 5) is 32.9. The van der Waals surface area contributed by atoms with Crippen LogP contribution in [0.15, 0.2) is 39.9 Å². The highest BCUT2D eigenvalue weighted by Crippen LogP contribution is 2.24. The fourth-order valence-electron chi connectivity index (χ4n) is 3.12. The number of benzene rings is 1. The second-order valence-electron chi connectivity index (χ2n) is 5.78. The molecule has 0 saturated heterocycles. The van der Waals surface area contributed by atoms with Crippen LogP contribution in [0.2, 0.25) is 0 Å². The summed E-state index contributed by atoms with van der Waals surface area (Å²) < 4.78 is 3.29. The molecule has 0 radical (unpaired) electrons. The first-order chi connectivity index (χ1) is 11.1. The molecule has 0 amide bonds. The number of fused-ring (bicyclic) bond motifs is 3. The second-order valence-corrected chi connectivity index (χ2v) is 5.78. The zero-order valence-electron chi connectivity index (χ0n) is 12.8. The van der Waals surface area contributed by atoms with Gasteiger partial charge in [-0.1, -0.05) is 30.3 Å². The quantitative estimate of drug-likeness (QED) is 0.763. The van der Waals surface area contributed by atoms with Crippen molar-refractivity contribution in [2.24, 2.45) is 7.05 Å². The summed E-state index contributed by atoms with van der Waals surface area (Å²) in [5.41, 5.74) is 1.39. The number of aromatic amines is 1. The highest BCUT2D eigenvalue weighted by Gasteiger charge is 2.26. The van der Waals surface area contributed by atoms with Gasteiger partial charge in [0.2, 0.25) is 5.95 Å². The highest BCUT2D eigenvalue weighted by atomic mass is 16.2. The Bertz CT molecular complexity index is 983. The highest BCUT2D eigenvalue weighted by molar-refractivity contribution is 5.75. The van der Waals surface area contributed by atoms with E-state index in [2.05, 4.69) is 27.0 Å². The molecule has 1 aliphatic rings. The lowest BCUT2D eigenvalue weighted by Crippen LogP contribution is -2.29. The van der Waals surface area contributed by atoms with Crippen LogP contribution in [0, 0.1) is 0 Å². The standard InChI is InChI=1S/C16H17N5O2/c1-19-13-12(14(22)18-16(19)23)21-10-9-20(15(21)17-13)8-7-11-5-3-2-4-6-11/h2-6H,7-10H2,1H3,(H,18,22,23). The zero-order chi connectivity index (χ0) is 16.0. The van der Waals surface area contributed by atoms with E-state index in [1.54, 1.807) is 7.05 Å². The van der Waals surface area contributed by atoms with E-state index in [9.17, 15) is 9.59 Å². The van der Waals surface area contributed by atoms with Crippen LogP contribution in [0.5, 0.6) is 0 Å². The molecule has 7 nitrogen and oxygen atoms in total. The number of H-pyrrole nitrogens is 1. The Kier molecular flexibility index (Phi) is 3.07. The lowest BCUT2D eigenvalue weighted by Gasteiger charge is -2.15. The van der Waals surface area contributed by atoms with Gasteiger partial charge in [0.1, 0.15) is 0 Å². The van der Waals surface area contributed by atoms with Crippen molar-refractivity contribution in [1.29, 1.82) is 0 Å². The summed E-state index contributed by atoms with van der Waals surface area (Å²) in [6.45, 7) is 2.37. The SMILES string of the molecule is Cn1c(=O)[nH]c(=O)c2c1nc1n2CCN1CCc1ccccc1. The molecule has 1 aliphatic heterocycles. The van der Waals surface area contributed by atoms with Gasteiger partial charge >= 0.3 is 5.69 Å². The average Bonchev–Trinajstić information content (AvgIpc) is 3.11. The minimum absolute atomic E-state index is 0.369. The molecule has 0 spiro atoms. The molecule has 2 aromatic heterocycles. The van der Waals surface area contributed by atoms with E-state index in [0.717, 1.165) is 25.5 Å². The zero-order valence-corrected chi connectivity index (χ0v) is 12.8. The van der Waals surface area contributed by atoms with Crippen LogP contribution in [0.3, 0.4) is 0 Å². The summed E-state index contributed by atoms with van der Waals surface area (Å²) in [6.07, 6.45) is 0.916. The molecule has 3 aromatic rings. The lowest BCUT2D eigenvalue weighted by molar-refractivity contribution is 0.764. The summed E-state index contributed by atoms with van der Waals surface area (Å²) in [5.74, 6) is 0.766. The summed E-state index contributed by atoms with van der Waals surface area (Å²) in [5, 5.41) is 0. The van der Waals surface area contributed by atoms with Crippen LogP contribution in [0.1, 0.15) is 5.56 Å². The van der Waals surface area contributed by atoms with Gasteiger partial charge in [-0.25, -0.2) is 4.79 Å². The largest absolute Gasteiger partial charge is 0.340 e. The van der Waals surface area contributed by atoms with Gasteiger partial charge in [-0.05, 0) is 12.0 Å². The number of rotatable bonds is 3. The Morgan fingerprint density at radius 3 is 2.74 bits per heavy atom. The van der Waals surface area contributed by atoms with Crippen molar-refractivity contribution in [1.82, 2.24) is 19.1 Å². The molecule has 0 unspecified atom stereocenters. The van der Waals surface area contributed by atoms with E-state index in [-0.39, 0.29) is 5.56 Å². The van der Waals surface area contributed by atoms with Gasteiger partial charge in [0.25, 0.3) is 5.56 Å². The second kappa shape index (κ2) is 5.12.